The summed E-state index contributed by atoms with van der Waals surface area (Å²) in [6.07, 6.45) is 0. The fourth-order valence-corrected chi connectivity index (χ4v) is 1.56. The maximum absolute atomic E-state index is 13.2. The smallest absolute Gasteiger partial charge is 0.123 e. The van der Waals surface area contributed by atoms with E-state index in [0.717, 1.165) is 17.7 Å². The molecule has 90 valence electrons. The minimum absolute atomic E-state index is 0.224. The summed E-state index contributed by atoms with van der Waals surface area (Å²) < 4.78 is 18.2. The molecule has 0 spiro atoms. The fourth-order valence-electron chi connectivity index (χ4n) is 1.56. The van der Waals surface area contributed by atoms with Gasteiger partial charge in [-0.3, -0.25) is 4.90 Å². The molecule has 0 aliphatic heterocycles. The molecular weight excluding hydrogens is 207 g/mol. The lowest BCUT2D eigenvalue weighted by Crippen LogP contribution is -2.22. The molecule has 2 N–H and O–H groups in total. The third kappa shape index (κ3) is 4.26. The van der Waals surface area contributed by atoms with Crippen molar-refractivity contribution in [1.29, 1.82) is 0 Å². The monoisotopic (exact) mass is 226 g/mol. The summed E-state index contributed by atoms with van der Waals surface area (Å²) in [5.41, 5.74) is 7.27. The molecule has 0 aliphatic rings. The summed E-state index contributed by atoms with van der Waals surface area (Å²) in [5.74, 6) is -0.224. The topological polar surface area (TPSA) is 38.5 Å². The number of nitrogens with zero attached hydrogens (tertiary/aromatic N) is 1. The number of ether oxygens (including phenoxy) is 1. The van der Waals surface area contributed by atoms with Crippen LogP contribution in [0.2, 0.25) is 0 Å². The average molecular weight is 226 g/mol. The first-order valence-corrected chi connectivity index (χ1v) is 5.31. The third-order valence-corrected chi connectivity index (χ3v) is 2.38. The van der Waals surface area contributed by atoms with Gasteiger partial charge in [-0.05, 0) is 30.3 Å². The Hall–Kier alpha value is -0.970. The lowest BCUT2D eigenvalue weighted by atomic mass is 10.1. The van der Waals surface area contributed by atoms with E-state index >= 15 is 0 Å². The van der Waals surface area contributed by atoms with Crippen LogP contribution < -0.4 is 5.73 Å². The van der Waals surface area contributed by atoms with Crippen LogP contribution in [-0.2, 0) is 17.8 Å². The first kappa shape index (κ1) is 13.1. The van der Waals surface area contributed by atoms with Crippen molar-refractivity contribution >= 4 is 0 Å². The second-order valence-electron chi connectivity index (χ2n) is 3.90. The summed E-state index contributed by atoms with van der Waals surface area (Å²) >= 11 is 0. The summed E-state index contributed by atoms with van der Waals surface area (Å²) in [4.78, 5) is 2.08. The van der Waals surface area contributed by atoms with Crippen molar-refractivity contribution in [3.8, 4) is 0 Å². The average Bonchev–Trinajstić information content (AvgIpc) is 2.25. The highest BCUT2D eigenvalue weighted by atomic mass is 19.1. The van der Waals surface area contributed by atoms with Crippen LogP contribution in [0, 0.1) is 5.82 Å². The van der Waals surface area contributed by atoms with Gasteiger partial charge in [0.2, 0.25) is 0 Å². The van der Waals surface area contributed by atoms with E-state index in [9.17, 15) is 4.39 Å². The van der Waals surface area contributed by atoms with Gasteiger partial charge in [-0.2, -0.15) is 0 Å². The van der Waals surface area contributed by atoms with Gasteiger partial charge >= 0.3 is 0 Å². The van der Waals surface area contributed by atoms with Crippen LogP contribution in [0.15, 0.2) is 18.2 Å². The van der Waals surface area contributed by atoms with Crippen LogP contribution in [0.4, 0.5) is 4.39 Å². The molecule has 0 aliphatic carbocycles. The van der Waals surface area contributed by atoms with E-state index in [1.165, 1.54) is 6.07 Å². The van der Waals surface area contributed by atoms with Crippen molar-refractivity contribution in [3.63, 3.8) is 0 Å². The van der Waals surface area contributed by atoms with Gasteiger partial charge < -0.3 is 10.5 Å². The standard InChI is InChI=1S/C12H19FN2O/c1-15(3-4-16-2)9-11-5-10(8-14)6-12(13)7-11/h5-7H,3-4,8-9,14H2,1-2H3. The quantitative estimate of drug-likeness (QED) is 0.796. The van der Waals surface area contributed by atoms with Gasteiger partial charge in [-0.1, -0.05) is 6.07 Å². The van der Waals surface area contributed by atoms with E-state index in [2.05, 4.69) is 4.90 Å². The second-order valence-corrected chi connectivity index (χ2v) is 3.90. The molecule has 0 saturated heterocycles. The highest BCUT2D eigenvalue weighted by Gasteiger charge is 2.03. The van der Waals surface area contributed by atoms with Crippen LogP contribution in [0.25, 0.3) is 0 Å². The molecule has 0 saturated carbocycles. The van der Waals surface area contributed by atoms with E-state index in [4.69, 9.17) is 10.5 Å². The summed E-state index contributed by atoms with van der Waals surface area (Å²) in [6.45, 7) is 2.57. The third-order valence-electron chi connectivity index (χ3n) is 2.38. The first-order chi connectivity index (χ1) is 7.65. The molecule has 0 aromatic heterocycles. The van der Waals surface area contributed by atoms with Gasteiger partial charge in [0, 0.05) is 26.7 Å². The molecule has 0 heterocycles. The molecule has 0 atom stereocenters. The zero-order valence-corrected chi connectivity index (χ0v) is 9.87. The first-order valence-electron chi connectivity index (χ1n) is 5.31. The molecule has 16 heavy (non-hydrogen) atoms. The number of methoxy groups -OCH3 is 1. The largest absolute Gasteiger partial charge is 0.383 e. The van der Waals surface area contributed by atoms with Gasteiger partial charge in [0.25, 0.3) is 0 Å². The molecule has 0 unspecified atom stereocenters. The van der Waals surface area contributed by atoms with Crippen molar-refractivity contribution in [2.75, 3.05) is 27.3 Å². The number of halogens is 1. The number of nitrogens with two attached hydrogens (primary N) is 1. The number of hydrogen-bond donors (Lipinski definition) is 1. The Bertz CT molecular complexity index is 331. The van der Waals surface area contributed by atoms with Crippen LogP contribution in [0.3, 0.4) is 0 Å². The lowest BCUT2D eigenvalue weighted by Gasteiger charge is -2.16. The Morgan fingerprint density at radius 2 is 2.00 bits per heavy atom. The van der Waals surface area contributed by atoms with E-state index in [0.29, 0.717) is 19.7 Å². The van der Waals surface area contributed by atoms with E-state index in [1.54, 1.807) is 13.2 Å². The van der Waals surface area contributed by atoms with Gasteiger partial charge in [0.1, 0.15) is 5.82 Å². The Morgan fingerprint density at radius 3 is 2.62 bits per heavy atom. The van der Waals surface area contributed by atoms with Crippen molar-refractivity contribution < 1.29 is 9.13 Å². The van der Waals surface area contributed by atoms with Crippen molar-refractivity contribution in [2.24, 2.45) is 5.73 Å². The van der Waals surface area contributed by atoms with E-state index < -0.39 is 0 Å². The SMILES string of the molecule is COCCN(C)Cc1cc(F)cc(CN)c1. The maximum atomic E-state index is 13.2. The normalized spacial score (nSPS) is 11.1. The van der Waals surface area contributed by atoms with Crippen molar-refractivity contribution in [3.05, 3.63) is 35.1 Å². The highest BCUT2D eigenvalue weighted by Crippen LogP contribution is 2.10. The van der Waals surface area contributed by atoms with E-state index in [-0.39, 0.29) is 5.82 Å². The van der Waals surface area contributed by atoms with Crippen LogP contribution in [0.5, 0.6) is 0 Å². The number of likely N-dealkylation sites (N-methyl/N-ethyl adjacent to an activating group) is 1. The fraction of sp³-hybridized carbons (Fsp3) is 0.500. The second kappa shape index (κ2) is 6.58. The Kier molecular flexibility index (Phi) is 5.38. The minimum Gasteiger partial charge on any atom is -0.383 e. The predicted molar refractivity (Wildman–Crippen MR) is 62.5 cm³/mol. The Labute approximate surface area is 96.0 Å². The maximum Gasteiger partial charge on any atom is 0.123 e. The summed E-state index contributed by atoms with van der Waals surface area (Å²) in [6, 6.07) is 4.95. The molecule has 0 amide bonds. The van der Waals surface area contributed by atoms with Gasteiger partial charge in [0.05, 0.1) is 6.61 Å². The highest BCUT2D eigenvalue weighted by molar-refractivity contribution is 5.24. The zero-order valence-electron chi connectivity index (χ0n) is 9.87. The van der Waals surface area contributed by atoms with Gasteiger partial charge in [-0.25, -0.2) is 4.39 Å². The molecule has 0 fully saturated rings. The Morgan fingerprint density at radius 1 is 1.31 bits per heavy atom. The van der Waals surface area contributed by atoms with Crippen molar-refractivity contribution in [1.82, 2.24) is 4.90 Å². The van der Waals surface area contributed by atoms with Gasteiger partial charge in [-0.15, -0.1) is 0 Å². The van der Waals surface area contributed by atoms with Gasteiger partial charge in [0.15, 0.2) is 0 Å². The molecule has 1 aromatic rings. The van der Waals surface area contributed by atoms with Crippen LogP contribution >= 0.6 is 0 Å². The Balaban J connectivity index is 2.61. The number of benzene rings is 1. The number of rotatable bonds is 6. The van der Waals surface area contributed by atoms with Crippen molar-refractivity contribution in [2.45, 2.75) is 13.1 Å². The molecule has 1 rings (SSSR count). The molecule has 3 nitrogen and oxygen atoms in total. The minimum atomic E-state index is -0.224. The molecular formula is C12H19FN2O. The summed E-state index contributed by atoms with van der Waals surface area (Å²) in [7, 11) is 3.65. The van der Waals surface area contributed by atoms with Crippen LogP contribution in [-0.4, -0.2) is 32.2 Å². The molecule has 0 bridgehead atoms. The molecule has 0 radical (unpaired) electrons. The zero-order chi connectivity index (χ0) is 12.0. The number of hydrogen-bond acceptors (Lipinski definition) is 3. The van der Waals surface area contributed by atoms with E-state index in [1.807, 2.05) is 13.1 Å². The molecule has 4 heteroatoms. The summed E-state index contributed by atoms with van der Waals surface area (Å²) in [5, 5.41) is 0. The molecule has 1 aromatic carbocycles. The predicted octanol–water partition coefficient (Wildman–Crippen LogP) is 1.36. The van der Waals surface area contributed by atoms with Crippen LogP contribution in [0.1, 0.15) is 11.1 Å². The lowest BCUT2D eigenvalue weighted by molar-refractivity contribution is 0.158.